The molecule has 0 aromatic carbocycles. The van der Waals surface area contributed by atoms with Gasteiger partial charge in [-0.05, 0) is 36.7 Å². The van der Waals surface area contributed by atoms with Gasteiger partial charge in [0.2, 0.25) is 0 Å². The van der Waals surface area contributed by atoms with Gasteiger partial charge in [-0.3, -0.25) is 4.90 Å². The Balaban J connectivity index is 1.70. The number of nitrogens with one attached hydrogen (secondary N) is 1. The summed E-state index contributed by atoms with van der Waals surface area (Å²) >= 11 is 6.92. The number of allylic oxidation sites excluding steroid dienone is 3. The Kier molecular flexibility index (Phi) is 4.03. The van der Waals surface area contributed by atoms with Crippen LogP contribution in [0.2, 0.25) is 0 Å². The summed E-state index contributed by atoms with van der Waals surface area (Å²) in [5.41, 5.74) is 2.45. The highest BCUT2D eigenvalue weighted by molar-refractivity contribution is 8.03. The van der Waals surface area contributed by atoms with Crippen molar-refractivity contribution < 1.29 is 9.53 Å². The summed E-state index contributed by atoms with van der Waals surface area (Å²) < 4.78 is 5.42. The van der Waals surface area contributed by atoms with Gasteiger partial charge >= 0.3 is 6.09 Å². The minimum atomic E-state index is -0.226. The predicted molar refractivity (Wildman–Crippen MR) is 84.7 cm³/mol. The fraction of sp³-hybridized carbons (Fsp3) is 0.571. The molecule has 1 N–H and O–H groups in total. The van der Waals surface area contributed by atoms with Crippen LogP contribution in [0.5, 0.6) is 0 Å². The first-order chi connectivity index (χ1) is 9.65. The molecule has 0 bridgehead atoms. The number of ether oxygens (including phenoxy) is 1. The second kappa shape index (κ2) is 5.77. The molecule has 0 spiro atoms. The molecule has 0 radical (unpaired) electrons. The van der Waals surface area contributed by atoms with E-state index in [4.69, 9.17) is 17.0 Å². The monoisotopic (exact) mass is 310 g/mol. The van der Waals surface area contributed by atoms with Crippen molar-refractivity contribution in [3.8, 4) is 0 Å². The number of rotatable bonds is 3. The maximum atomic E-state index is 12.1. The van der Waals surface area contributed by atoms with Crippen LogP contribution in [0, 0.1) is 0 Å². The summed E-state index contributed by atoms with van der Waals surface area (Å²) in [5, 5.41) is 3.07. The van der Waals surface area contributed by atoms with Crippen molar-refractivity contribution in [2.45, 2.75) is 32.3 Å². The Morgan fingerprint density at radius 1 is 1.60 bits per heavy atom. The Hall–Kier alpha value is -1.01. The number of hydrogen-bond donors (Lipinski definition) is 1. The third-order valence-corrected chi connectivity index (χ3v) is 5.08. The second-order valence-corrected chi connectivity index (χ2v) is 6.98. The molecule has 2 heterocycles. The standard InChI is InChI=1S/C14H18N2O2S2/c1-9(19)15-7-10-8-16(14(17)18-10)12-3-2-4-13-11(12)5-6-20-13/h3,10H,2,4-8H2,1H3,(H,15,19)/t10-/m0/s1. The van der Waals surface area contributed by atoms with Crippen LogP contribution < -0.4 is 5.32 Å². The number of thiocarbonyl (C=S) groups is 1. The second-order valence-electron chi connectivity index (χ2n) is 5.18. The van der Waals surface area contributed by atoms with E-state index >= 15 is 0 Å². The van der Waals surface area contributed by atoms with E-state index in [0.29, 0.717) is 13.1 Å². The molecule has 0 saturated carbocycles. The molecule has 4 nitrogen and oxygen atoms in total. The number of amides is 1. The summed E-state index contributed by atoms with van der Waals surface area (Å²) in [7, 11) is 0. The smallest absolute Gasteiger partial charge is 0.414 e. The molecule has 108 valence electrons. The average molecular weight is 310 g/mol. The van der Waals surface area contributed by atoms with Crippen LogP contribution in [0.25, 0.3) is 0 Å². The molecule has 2 aliphatic heterocycles. The number of carbonyl (C=O) groups is 1. The van der Waals surface area contributed by atoms with Gasteiger partial charge < -0.3 is 10.1 Å². The van der Waals surface area contributed by atoms with E-state index in [0.717, 1.165) is 35.7 Å². The Labute approximate surface area is 128 Å². The van der Waals surface area contributed by atoms with Crippen LogP contribution in [0.4, 0.5) is 4.79 Å². The lowest BCUT2D eigenvalue weighted by atomic mass is 10.00. The highest BCUT2D eigenvalue weighted by Gasteiger charge is 2.36. The zero-order valence-corrected chi connectivity index (χ0v) is 13.1. The molecule has 3 rings (SSSR count). The quantitative estimate of drug-likeness (QED) is 0.812. The zero-order chi connectivity index (χ0) is 14.1. The number of nitrogens with zero attached hydrogens (tertiary/aromatic N) is 1. The fourth-order valence-corrected chi connectivity index (χ4v) is 4.09. The molecule has 1 amide bonds. The third-order valence-electron chi connectivity index (χ3n) is 3.73. The average Bonchev–Trinajstić information content (AvgIpc) is 3.02. The predicted octanol–water partition coefficient (Wildman–Crippen LogP) is 2.81. The van der Waals surface area contributed by atoms with Crippen LogP contribution in [-0.2, 0) is 4.74 Å². The highest BCUT2D eigenvalue weighted by Crippen LogP contribution is 2.43. The lowest BCUT2D eigenvalue weighted by Gasteiger charge is -2.22. The highest BCUT2D eigenvalue weighted by atomic mass is 32.2. The van der Waals surface area contributed by atoms with Crippen LogP contribution in [0.15, 0.2) is 22.3 Å². The molecular weight excluding hydrogens is 292 g/mol. The summed E-state index contributed by atoms with van der Waals surface area (Å²) in [6, 6.07) is 0. The van der Waals surface area contributed by atoms with Crippen molar-refractivity contribution in [3.63, 3.8) is 0 Å². The van der Waals surface area contributed by atoms with Gasteiger partial charge in [0.25, 0.3) is 0 Å². The molecular formula is C14H18N2O2S2. The van der Waals surface area contributed by atoms with Gasteiger partial charge in [-0.25, -0.2) is 4.79 Å². The topological polar surface area (TPSA) is 41.6 Å². The van der Waals surface area contributed by atoms with Gasteiger partial charge in [0.05, 0.1) is 18.1 Å². The third kappa shape index (κ3) is 2.72. The number of thioether (sulfide) groups is 1. The Bertz CT molecular complexity index is 513. The first-order valence-corrected chi connectivity index (χ1v) is 8.32. The van der Waals surface area contributed by atoms with Crippen molar-refractivity contribution in [1.82, 2.24) is 10.2 Å². The van der Waals surface area contributed by atoms with Gasteiger partial charge in [0.15, 0.2) is 0 Å². The Morgan fingerprint density at radius 2 is 2.45 bits per heavy atom. The molecule has 1 saturated heterocycles. The number of hydrogen-bond acceptors (Lipinski definition) is 4. The maximum Gasteiger partial charge on any atom is 0.414 e. The van der Waals surface area contributed by atoms with Crippen molar-refractivity contribution in [2.75, 3.05) is 18.8 Å². The molecule has 0 unspecified atom stereocenters. The van der Waals surface area contributed by atoms with E-state index in [-0.39, 0.29) is 12.2 Å². The molecule has 3 aliphatic rings. The molecule has 20 heavy (non-hydrogen) atoms. The first kappa shape index (κ1) is 13.9. The number of cyclic esters (lactones) is 1. The van der Waals surface area contributed by atoms with Crippen molar-refractivity contribution >= 4 is 35.1 Å². The van der Waals surface area contributed by atoms with Gasteiger partial charge in [0.1, 0.15) is 6.10 Å². The molecule has 1 atom stereocenters. The van der Waals surface area contributed by atoms with E-state index in [2.05, 4.69) is 11.4 Å². The van der Waals surface area contributed by atoms with Gasteiger partial charge in [-0.2, -0.15) is 0 Å². The lowest BCUT2D eigenvalue weighted by Crippen LogP contribution is -2.32. The van der Waals surface area contributed by atoms with Crippen LogP contribution in [0.3, 0.4) is 0 Å². The molecule has 1 aliphatic carbocycles. The van der Waals surface area contributed by atoms with Crippen molar-refractivity contribution in [3.05, 3.63) is 22.3 Å². The normalized spacial score (nSPS) is 25.4. The maximum absolute atomic E-state index is 12.1. The summed E-state index contributed by atoms with van der Waals surface area (Å²) in [6.45, 7) is 3.04. The summed E-state index contributed by atoms with van der Waals surface area (Å²) in [5.74, 6) is 1.14. The van der Waals surface area contributed by atoms with Crippen LogP contribution in [0.1, 0.15) is 26.2 Å². The largest absolute Gasteiger partial charge is 0.442 e. The van der Waals surface area contributed by atoms with E-state index in [1.165, 1.54) is 10.5 Å². The number of carbonyl (C=O) groups excluding carboxylic acids is 1. The molecule has 1 fully saturated rings. The minimum Gasteiger partial charge on any atom is -0.442 e. The van der Waals surface area contributed by atoms with E-state index in [9.17, 15) is 4.79 Å². The molecule has 0 aromatic rings. The molecule has 6 heteroatoms. The van der Waals surface area contributed by atoms with Gasteiger partial charge in [-0.1, -0.05) is 18.3 Å². The van der Waals surface area contributed by atoms with E-state index in [1.807, 2.05) is 18.7 Å². The fourth-order valence-electron chi connectivity index (χ4n) is 2.82. The summed E-state index contributed by atoms with van der Waals surface area (Å²) in [6.07, 6.45) is 5.05. The van der Waals surface area contributed by atoms with Crippen molar-refractivity contribution in [2.24, 2.45) is 0 Å². The lowest BCUT2D eigenvalue weighted by molar-refractivity contribution is 0.136. The van der Waals surface area contributed by atoms with Gasteiger partial charge in [-0.15, -0.1) is 11.8 Å². The van der Waals surface area contributed by atoms with Crippen LogP contribution >= 0.6 is 24.0 Å². The summed E-state index contributed by atoms with van der Waals surface area (Å²) in [4.78, 5) is 16.1. The first-order valence-electron chi connectivity index (χ1n) is 6.93. The molecule has 0 aromatic heterocycles. The van der Waals surface area contributed by atoms with E-state index in [1.54, 1.807) is 4.90 Å². The zero-order valence-electron chi connectivity index (χ0n) is 11.5. The Morgan fingerprint density at radius 3 is 3.25 bits per heavy atom. The minimum absolute atomic E-state index is 0.124. The van der Waals surface area contributed by atoms with E-state index < -0.39 is 0 Å². The van der Waals surface area contributed by atoms with Crippen molar-refractivity contribution in [1.29, 1.82) is 0 Å². The van der Waals surface area contributed by atoms with Crippen LogP contribution in [-0.4, -0.2) is 40.9 Å². The van der Waals surface area contributed by atoms with Gasteiger partial charge in [0, 0.05) is 11.4 Å². The SMILES string of the molecule is CC(=S)NC[C@H]1CN(C2=CCCC3=C2CCS3)C(=O)O1.